The Bertz CT molecular complexity index is 799. The van der Waals surface area contributed by atoms with Crippen LogP contribution in [0.1, 0.15) is 41.5 Å². The lowest BCUT2D eigenvalue weighted by Gasteiger charge is -2.20. The number of likely N-dealkylation sites (tertiary alicyclic amines) is 1. The van der Waals surface area contributed by atoms with Gasteiger partial charge in [-0.1, -0.05) is 0 Å². The summed E-state index contributed by atoms with van der Waals surface area (Å²) in [5.74, 6) is 0.0937. The molecule has 5 nitrogen and oxygen atoms in total. The summed E-state index contributed by atoms with van der Waals surface area (Å²) in [4.78, 5) is 15.0. The van der Waals surface area contributed by atoms with Gasteiger partial charge in [-0.15, -0.1) is 0 Å². The molecule has 1 aliphatic heterocycles. The van der Waals surface area contributed by atoms with Gasteiger partial charge in [-0.2, -0.15) is 5.10 Å². The third-order valence-corrected chi connectivity index (χ3v) is 5.46. The number of aromatic nitrogens is 2. The fourth-order valence-corrected chi connectivity index (χ4v) is 4.14. The number of benzene rings is 1. The number of carbonyl (C=O) groups is 1. The predicted octanol–water partition coefficient (Wildman–Crippen LogP) is 2.31. The zero-order valence-electron chi connectivity index (χ0n) is 14.4. The van der Waals surface area contributed by atoms with Crippen molar-refractivity contribution in [3.8, 4) is 5.69 Å². The van der Waals surface area contributed by atoms with E-state index in [4.69, 9.17) is 5.73 Å². The molecule has 2 N–H and O–H groups in total. The highest BCUT2D eigenvalue weighted by atomic mass is 19.1. The maximum Gasteiger partial charge on any atom is 0.274 e. The third kappa shape index (κ3) is 2.74. The molecule has 1 aromatic heterocycles. The van der Waals surface area contributed by atoms with Gasteiger partial charge in [0, 0.05) is 23.8 Å². The minimum Gasteiger partial charge on any atom is -0.334 e. The first-order valence-corrected chi connectivity index (χ1v) is 8.96. The minimum absolute atomic E-state index is 0.00228. The Morgan fingerprint density at radius 2 is 2.08 bits per heavy atom. The Balaban J connectivity index is 1.70. The smallest absolute Gasteiger partial charge is 0.274 e. The van der Waals surface area contributed by atoms with Gasteiger partial charge in [0.05, 0.1) is 5.69 Å². The number of hydrogen-bond donors (Lipinski definition) is 1. The van der Waals surface area contributed by atoms with Crippen LogP contribution < -0.4 is 5.73 Å². The lowest BCUT2D eigenvalue weighted by Crippen LogP contribution is -2.35. The van der Waals surface area contributed by atoms with Crippen LogP contribution in [0.25, 0.3) is 5.69 Å². The van der Waals surface area contributed by atoms with E-state index in [1.807, 2.05) is 9.58 Å². The van der Waals surface area contributed by atoms with Crippen molar-refractivity contribution in [1.29, 1.82) is 0 Å². The standard InChI is InChI=1S/C19H23FN4O/c1-12-9-13(10-21)11-23(12)19(25)18-16-3-2-4-17(16)24(22-18)15-7-5-14(20)6-8-15/h5-8,12-13H,2-4,9-11,21H2,1H3. The molecule has 132 valence electrons. The molecule has 2 aromatic rings. The molecule has 1 amide bonds. The monoisotopic (exact) mass is 342 g/mol. The molecule has 1 saturated heterocycles. The van der Waals surface area contributed by atoms with Gasteiger partial charge in [0.2, 0.25) is 0 Å². The second-order valence-electron chi connectivity index (χ2n) is 7.16. The molecular formula is C19H23FN4O. The largest absolute Gasteiger partial charge is 0.334 e. The Labute approximate surface area is 146 Å². The molecule has 1 aromatic carbocycles. The van der Waals surface area contributed by atoms with Crippen molar-refractivity contribution in [1.82, 2.24) is 14.7 Å². The van der Waals surface area contributed by atoms with E-state index >= 15 is 0 Å². The maximum absolute atomic E-state index is 13.2. The molecule has 25 heavy (non-hydrogen) atoms. The highest BCUT2D eigenvalue weighted by Gasteiger charge is 2.36. The predicted molar refractivity (Wildman–Crippen MR) is 93.2 cm³/mol. The van der Waals surface area contributed by atoms with Crippen LogP contribution >= 0.6 is 0 Å². The zero-order chi connectivity index (χ0) is 17.6. The fourth-order valence-electron chi connectivity index (χ4n) is 4.14. The summed E-state index contributed by atoms with van der Waals surface area (Å²) in [5, 5.41) is 4.63. The van der Waals surface area contributed by atoms with Gasteiger partial charge < -0.3 is 10.6 Å². The van der Waals surface area contributed by atoms with Gasteiger partial charge in [0.1, 0.15) is 5.82 Å². The topological polar surface area (TPSA) is 64.2 Å². The van der Waals surface area contributed by atoms with E-state index in [-0.39, 0.29) is 17.8 Å². The molecule has 1 aliphatic carbocycles. The van der Waals surface area contributed by atoms with Gasteiger partial charge in [0.15, 0.2) is 5.69 Å². The number of hydrogen-bond acceptors (Lipinski definition) is 3. The highest BCUT2D eigenvalue weighted by Crippen LogP contribution is 2.31. The molecule has 2 heterocycles. The van der Waals surface area contributed by atoms with E-state index in [0.29, 0.717) is 24.7 Å². The average molecular weight is 342 g/mol. The highest BCUT2D eigenvalue weighted by molar-refractivity contribution is 5.94. The van der Waals surface area contributed by atoms with Crippen molar-refractivity contribution in [3.63, 3.8) is 0 Å². The normalized spacial score (nSPS) is 22.4. The molecule has 0 saturated carbocycles. The molecule has 2 atom stereocenters. The number of nitrogens with zero attached hydrogens (tertiary/aromatic N) is 3. The zero-order valence-corrected chi connectivity index (χ0v) is 14.4. The number of fused-ring (bicyclic) bond motifs is 1. The van der Waals surface area contributed by atoms with Crippen molar-refractivity contribution in [3.05, 3.63) is 47.0 Å². The lowest BCUT2D eigenvalue weighted by molar-refractivity contribution is 0.0736. The van der Waals surface area contributed by atoms with E-state index in [2.05, 4.69) is 12.0 Å². The van der Waals surface area contributed by atoms with Gasteiger partial charge in [0.25, 0.3) is 5.91 Å². The first-order chi connectivity index (χ1) is 12.1. The van der Waals surface area contributed by atoms with Crippen molar-refractivity contribution >= 4 is 5.91 Å². The first-order valence-electron chi connectivity index (χ1n) is 8.96. The molecule has 0 bridgehead atoms. The summed E-state index contributed by atoms with van der Waals surface area (Å²) >= 11 is 0. The summed E-state index contributed by atoms with van der Waals surface area (Å²) in [6, 6.07) is 6.45. The second-order valence-corrected chi connectivity index (χ2v) is 7.16. The number of halogens is 1. The molecule has 2 aliphatic rings. The van der Waals surface area contributed by atoms with Crippen LogP contribution in [-0.2, 0) is 12.8 Å². The van der Waals surface area contributed by atoms with Crippen LogP contribution in [0.5, 0.6) is 0 Å². The van der Waals surface area contributed by atoms with Crippen LogP contribution in [0.3, 0.4) is 0 Å². The number of carbonyl (C=O) groups excluding carboxylic acids is 1. The Kier molecular flexibility index (Phi) is 4.07. The maximum atomic E-state index is 13.2. The van der Waals surface area contributed by atoms with Crippen LogP contribution in [0.2, 0.25) is 0 Å². The number of amides is 1. The molecule has 2 unspecified atom stereocenters. The van der Waals surface area contributed by atoms with Crippen LogP contribution in [0.15, 0.2) is 24.3 Å². The van der Waals surface area contributed by atoms with Crippen LogP contribution in [-0.4, -0.2) is 39.7 Å². The molecule has 0 radical (unpaired) electrons. The van der Waals surface area contributed by atoms with Crippen molar-refractivity contribution in [2.24, 2.45) is 11.7 Å². The van der Waals surface area contributed by atoms with E-state index in [9.17, 15) is 9.18 Å². The van der Waals surface area contributed by atoms with Crippen LogP contribution in [0.4, 0.5) is 4.39 Å². The van der Waals surface area contributed by atoms with E-state index in [0.717, 1.165) is 42.6 Å². The molecule has 0 spiro atoms. The summed E-state index contributed by atoms with van der Waals surface area (Å²) in [6.07, 6.45) is 3.74. The summed E-state index contributed by atoms with van der Waals surface area (Å²) < 4.78 is 15.0. The minimum atomic E-state index is -0.275. The first kappa shape index (κ1) is 16.3. The Hall–Kier alpha value is -2.21. The Morgan fingerprint density at radius 1 is 1.32 bits per heavy atom. The average Bonchev–Trinajstić information content (AvgIpc) is 3.29. The Morgan fingerprint density at radius 3 is 2.76 bits per heavy atom. The number of nitrogens with two attached hydrogens (primary N) is 1. The van der Waals surface area contributed by atoms with Gasteiger partial charge >= 0.3 is 0 Å². The van der Waals surface area contributed by atoms with E-state index < -0.39 is 0 Å². The number of rotatable bonds is 3. The van der Waals surface area contributed by atoms with E-state index in [1.165, 1.54) is 12.1 Å². The van der Waals surface area contributed by atoms with Gasteiger partial charge in [-0.3, -0.25) is 4.79 Å². The SMILES string of the molecule is CC1CC(CN)CN1C(=O)c1nn(-c2ccc(F)cc2)c2c1CCC2. The summed E-state index contributed by atoms with van der Waals surface area (Å²) in [5.41, 5.74) is 9.28. The second kappa shape index (κ2) is 6.26. The fraction of sp³-hybridized carbons (Fsp3) is 0.474. The third-order valence-electron chi connectivity index (χ3n) is 5.46. The van der Waals surface area contributed by atoms with Gasteiger partial charge in [-0.25, -0.2) is 9.07 Å². The van der Waals surface area contributed by atoms with E-state index in [1.54, 1.807) is 12.1 Å². The van der Waals surface area contributed by atoms with Crippen molar-refractivity contribution in [2.75, 3.05) is 13.1 Å². The summed E-state index contributed by atoms with van der Waals surface area (Å²) in [6.45, 7) is 3.38. The lowest BCUT2D eigenvalue weighted by atomic mass is 10.1. The quantitative estimate of drug-likeness (QED) is 0.931. The van der Waals surface area contributed by atoms with Gasteiger partial charge in [-0.05, 0) is 69.3 Å². The molecular weight excluding hydrogens is 319 g/mol. The molecule has 4 rings (SSSR count). The van der Waals surface area contributed by atoms with Crippen LogP contribution in [0, 0.1) is 11.7 Å². The molecule has 6 heteroatoms. The van der Waals surface area contributed by atoms with Crippen molar-refractivity contribution in [2.45, 2.75) is 38.6 Å². The summed E-state index contributed by atoms with van der Waals surface area (Å²) in [7, 11) is 0. The van der Waals surface area contributed by atoms with Crippen molar-refractivity contribution < 1.29 is 9.18 Å². The molecule has 1 fully saturated rings.